The first-order chi connectivity index (χ1) is 23.7. The van der Waals surface area contributed by atoms with Crippen LogP contribution in [0.15, 0.2) is 42.5 Å². The number of carboxylic acids is 1. The van der Waals surface area contributed by atoms with E-state index in [2.05, 4.69) is 88.5 Å². The van der Waals surface area contributed by atoms with Crippen LogP contribution in [0.25, 0.3) is 5.57 Å². The summed E-state index contributed by atoms with van der Waals surface area (Å²) >= 11 is 0. The van der Waals surface area contributed by atoms with Crippen LogP contribution in [0.4, 0.5) is 0 Å². The van der Waals surface area contributed by atoms with Crippen molar-refractivity contribution in [1.29, 1.82) is 0 Å². The van der Waals surface area contributed by atoms with Crippen molar-refractivity contribution in [3.8, 4) is 0 Å². The number of piperazine rings is 1. The Labute approximate surface area is 304 Å². The molecular weight excluding hydrogens is 615 g/mol. The molecule has 9 unspecified atom stereocenters. The zero-order chi connectivity index (χ0) is 35.7. The number of aromatic carboxylic acids is 1. The van der Waals surface area contributed by atoms with Gasteiger partial charge in [0.1, 0.15) is 0 Å². The molecule has 5 aliphatic carbocycles. The van der Waals surface area contributed by atoms with E-state index < -0.39 is 5.97 Å². The Hall–Kier alpha value is -1.95. The lowest BCUT2D eigenvalue weighted by Crippen LogP contribution is -2.65. The molecule has 4 saturated carbocycles. The van der Waals surface area contributed by atoms with E-state index in [9.17, 15) is 9.90 Å². The monoisotopic (exact) mass is 684 g/mol. The van der Waals surface area contributed by atoms with Gasteiger partial charge in [-0.05, 0) is 171 Å². The van der Waals surface area contributed by atoms with Gasteiger partial charge in [-0.15, -0.1) is 0 Å². The first kappa shape index (κ1) is 36.4. The molecule has 1 heterocycles. The summed E-state index contributed by atoms with van der Waals surface area (Å²) in [5.74, 6) is 2.72. The normalized spacial score (nSPS) is 41.3. The van der Waals surface area contributed by atoms with Crippen LogP contribution < -0.4 is 5.32 Å². The van der Waals surface area contributed by atoms with Crippen LogP contribution in [0.2, 0.25) is 0 Å². The summed E-state index contributed by atoms with van der Waals surface area (Å²) in [7, 11) is 2.25. The number of fused-ring (bicyclic) bond motifs is 7. The highest BCUT2D eigenvalue weighted by molar-refractivity contribution is 5.88. The number of nitrogens with zero attached hydrogens (tertiary/aromatic N) is 2. The van der Waals surface area contributed by atoms with Crippen molar-refractivity contribution in [2.75, 3.05) is 52.9 Å². The first-order valence-corrected chi connectivity index (χ1v) is 20.5. The van der Waals surface area contributed by atoms with Gasteiger partial charge in [0.05, 0.1) is 5.56 Å². The number of carbonyl (C=O) groups is 1. The summed E-state index contributed by atoms with van der Waals surface area (Å²) in [4.78, 5) is 16.7. The minimum Gasteiger partial charge on any atom is -0.478 e. The van der Waals surface area contributed by atoms with Crippen molar-refractivity contribution in [1.82, 2.24) is 15.1 Å². The van der Waals surface area contributed by atoms with Crippen molar-refractivity contribution in [2.24, 2.45) is 56.7 Å². The van der Waals surface area contributed by atoms with Crippen LogP contribution in [-0.2, 0) is 0 Å². The Morgan fingerprint density at radius 3 is 2.30 bits per heavy atom. The summed E-state index contributed by atoms with van der Waals surface area (Å²) in [6.07, 6.45) is 15.8. The van der Waals surface area contributed by atoms with Crippen LogP contribution in [0, 0.1) is 56.7 Å². The van der Waals surface area contributed by atoms with Crippen LogP contribution in [0.1, 0.15) is 122 Å². The zero-order valence-corrected chi connectivity index (χ0v) is 32.8. The number of allylic oxidation sites excluding steroid dienone is 3. The molecule has 5 heteroatoms. The van der Waals surface area contributed by atoms with Crippen LogP contribution in [0.5, 0.6) is 0 Å². The third-order valence-electron chi connectivity index (χ3n) is 17.2. The van der Waals surface area contributed by atoms with Gasteiger partial charge in [0.15, 0.2) is 0 Å². The van der Waals surface area contributed by atoms with Crippen LogP contribution in [-0.4, -0.2) is 73.7 Å². The highest BCUT2D eigenvalue weighted by Gasteiger charge is 2.70. The van der Waals surface area contributed by atoms with E-state index >= 15 is 0 Å². The standard InChI is InChI=1S/C45H69N3O2/c1-31(2)34-16-21-45(30-46-24-9-25-48-28-26-47(8)27-29-48)23-22-43(6)36(39(34)45)14-15-38-42(5)19-17-35(32-10-12-33(13-11-32)40(49)50)41(3,4)37(42)18-20-44(38,43)7/h10-13,17,34,36-39,46H,1,9,14-16,18-30H2,2-8H3,(H,49,50). The molecular formula is C45H69N3O2. The third-order valence-corrected chi connectivity index (χ3v) is 17.2. The molecule has 1 aromatic rings. The highest BCUT2D eigenvalue weighted by Crippen LogP contribution is 2.77. The van der Waals surface area contributed by atoms with Crippen LogP contribution >= 0.6 is 0 Å². The molecule has 5 fully saturated rings. The Kier molecular flexibility index (Phi) is 9.59. The smallest absolute Gasteiger partial charge is 0.335 e. The predicted octanol–water partition coefficient (Wildman–Crippen LogP) is 9.26. The van der Waals surface area contributed by atoms with E-state index in [1.165, 1.54) is 114 Å². The maximum Gasteiger partial charge on any atom is 0.335 e. The van der Waals surface area contributed by atoms with Gasteiger partial charge >= 0.3 is 5.97 Å². The predicted molar refractivity (Wildman–Crippen MR) is 207 cm³/mol. The Morgan fingerprint density at radius 2 is 1.62 bits per heavy atom. The average molecular weight is 684 g/mol. The van der Waals surface area contributed by atoms with Gasteiger partial charge in [-0.3, -0.25) is 0 Å². The van der Waals surface area contributed by atoms with Crippen molar-refractivity contribution < 1.29 is 9.90 Å². The third kappa shape index (κ3) is 5.70. The molecule has 0 aromatic heterocycles. The van der Waals surface area contributed by atoms with Crippen molar-refractivity contribution in [2.45, 2.75) is 106 Å². The molecule has 276 valence electrons. The van der Waals surface area contributed by atoms with Crippen LogP contribution in [0.3, 0.4) is 0 Å². The summed E-state index contributed by atoms with van der Waals surface area (Å²) in [5.41, 5.74) is 5.89. The van der Waals surface area contributed by atoms with E-state index in [1.807, 2.05) is 0 Å². The Balaban J connectivity index is 1.10. The molecule has 0 spiro atoms. The van der Waals surface area contributed by atoms with Gasteiger partial charge in [0, 0.05) is 32.7 Å². The topological polar surface area (TPSA) is 55.8 Å². The summed E-state index contributed by atoms with van der Waals surface area (Å²) in [6, 6.07) is 7.68. The lowest BCUT2D eigenvalue weighted by molar-refractivity contribution is -0.225. The fraction of sp³-hybridized carbons (Fsp3) is 0.756. The molecule has 0 radical (unpaired) electrons. The second-order valence-corrected chi connectivity index (χ2v) is 19.6. The second kappa shape index (κ2) is 13.2. The molecule has 9 atom stereocenters. The minimum absolute atomic E-state index is 0.0467. The van der Waals surface area contributed by atoms with Crippen molar-refractivity contribution in [3.63, 3.8) is 0 Å². The molecule has 1 saturated heterocycles. The van der Waals surface area contributed by atoms with E-state index in [0.717, 1.165) is 30.7 Å². The lowest BCUT2D eigenvalue weighted by Gasteiger charge is -2.72. The van der Waals surface area contributed by atoms with Crippen molar-refractivity contribution in [3.05, 3.63) is 53.6 Å². The molecule has 1 aliphatic heterocycles. The van der Waals surface area contributed by atoms with Gasteiger partial charge < -0.3 is 20.2 Å². The number of nitrogens with one attached hydrogen (secondary N) is 1. The van der Waals surface area contributed by atoms with E-state index in [0.29, 0.717) is 33.6 Å². The number of rotatable bonds is 9. The van der Waals surface area contributed by atoms with Gasteiger partial charge in [0.25, 0.3) is 0 Å². The number of hydrogen-bond donors (Lipinski definition) is 2. The first-order valence-electron chi connectivity index (χ1n) is 20.5. The summed E-state index contributed by atoms with van der Waals surface area (Å²) in [6.45, 7) is 28.6. The molecule has 0 bridgehead atoms. The molecule has 0 amide bonds. The molecule has 50 heavy (non-hydrogen) atoms. The maximum absolute atomic E-state index is 11.6. The summed E-state index contributed by atoms with van der Waals surface area (Å²) < 4.78 is 0. The largest absolute Gasteiger partial charge is 0.478 e. The molecule has 6 aliphatic rings. The second-order valence-electron chi connectivity index (χ2n) is 19.6. The number of hydrogen-bond acceptors (Lipinski definition) is 4. The number of carboxylic acid groups (broad SMARTS) is 1. The maximum atomic E-state index is 11.6. The van der Waals surface area contributed by atoms with Gasteiger partial charge in [0.2, 0.25) is 0 Å². The van der Waals surface area contributed by atoms with Gasteiger partial charge in [-0.2, -0.15) is 0 Å². The summed E-state index contributed by atoms with van der Waals surface area (Å²) in [5, 5.41) is 13.6. The SMILES string of the molecule is C=C(C)C1CCC2(CNCCCN3CCN(C)CC3)CCC3(C)C(CCC4C5(C)CC=C(c6ccc(C(=O)O)cc6)C(C)(C)C5CCC43C)C12. The fourth-order valence-corrected chi connectivity index (χ4v) is 14.3. The van der Waals surface area contributed by atoms with E-state index in [-0.39, 0.29) is 10.8 Å². The average Bonchev–Trinajstić information content (AvgIpc) is 3.46. The van der Waals surface area contributed by atoms with Gasteiger partial charge in [-0.25, -0.2) is 4.79 Å². The van der Waals surface area contributed by atoms with Gasteiger partial charge in [-0.1, -0.05) is 65.0 Å². The fourth-order valence-electron chi connectivity index (χ4n) is 14.3. The molecule has 7 rings (SSSR count). The Morgan fingerprint density at radius 1 is 0.900 bits per heavy atom. The minimum atomic E-state index is -0.850. The zero-order valence-electron chi connectivity index (χ0n) is 32.8. The highest BCUT2D eigenvalue weighted by atomic mass is 16.4. The molecule has 2 N–H and O–H groups in total. The molecule has 5 nitrogen and oxygen atoms in total. The number of benzene rings is 1. The molecule has 1 aromatic carbocycles. The van der Waals surface area contributed by atoms with Crippen molar-refractivity contribution >= 4 is 11.5 Å². The van der Waals surface area contributed by atoms with E-state index in [1.54, 1.807) is 12.1 Å². The Bertz CT molecular complexity index is 1470. The number of likely N-dealkylation sites (N-methyl/N-ethyl adjacent to an activating group) is 1. The van der Waals surface area contributed by atoms with E-state index in [4.69, 9.17) is 0 Å². The lowest BCUT2D eigenvalue weighted by atomic mass is 9.32. The quantitative estimate of drug-likeness (QED) is 0.201.